The summed E-state index contributed by atoms with van der Waals surface area (Å²) in [5.74, 6) is -2.65. The van der Waals surface area contributed by atoms with E-state index in [0.29, 0.717) is 16.8 Å². The Balaban J connectivity index is 2.70. The van der Waals surface area contributed by atoms with Crippen molar-refractivity contribution in [1.29, 1.82) is 0 Å². The first-order valence-corrected chi connectivity index (χ1v) is 7.09. The molecule has 0 spiro atoms. The van der Waals surface area contributed by atoms with Gasteiger partial charge in [0.25, 0.3) is 5.78 Å². The predicted molar refractivity (Wildman–Crippen MR) is 82.0 cm³/mol. The number of alkyl halides is 3. The van der Waals surface area contributed by atoms with E-state index in [2.05, 4.69) is 10.6 Å². The molecule has 1 aromatic rings. The van der Waals surface area contributed by atoms with Gasteiger partial charge in [-0.2, -0.15) is 13.2 Å². The Bertz CT molecular complexity index is 583. The number of carbonyl (C=O) groups excluding carboxylic acids is 2. The quantitative estimate of drug-likeness (QED) is 0.773. The molecule has 23 heavy (non-hydrogen) atoms. The van der Waals surface area contributed by atoms with E-state index < -0.39 is 23.9 Å². The Morgan fingerprint density at radius 3 is 2.22 bits per heavy atom. The van der Waals surface area contributed by atoms with Gasteiger partial charge in [-0.3, -0.25) is 9.59 Å². The van der Waals surface area contributed by atoms with Crippen molar-refractivity contribution in [3.63, 3.8) is 0 Å². The Hall–Kier alpha value is -2.02. The second-order valence-corrected chi connectivity index (χ2v) is 5.52. The molecule has 4 nitrogen and oxygen atoms in total. The minimum Gasteiger partial charge on any atom is -0.379 e. The van der Waals surface area contributed by atoms with Crippen molar-refractivity contribution < 1.29 is 22.8 Å². The zero-order chi connectivity index (χ0) is 17.6. The Labute approximate surface area is 136 Å². The number of halogens is 4. The highest BCUT2D eigenvalue weighted by Gasteiger charge is 2.36. The van der Waals surface area contributed by atoms with Gasteiger partial charge in [0, 0.05) is 23.0 Å². The van der Waals surface area contributed by atoms with E-state index in [1.807, 2.05) is 0 Å². The topological polar surface area (TPSA) is 58.2 Å². The molecule has 1 atom stereocenters. The lowest BCUT2D eigenvalue weighted by atomic mass is 10.0. The second kappa shape index (κ2) is 8.01. The monoisotopic (exact) mass is 348 g/mol. The summed E-state index contributed by atoms with van der Waals surface area (Å²) >= 11 is 5.74. The molecule has 0 saturated carbocycles. The van der Waals surface area contributed by atoms with Gasteiger partial charge in [0.05, 0.1) is 0 Å². The van der Waals surface area contributed by atoms with Crippen LogP contribution in [-0.4, -0.2) is 23.9 Å². The predicted octanol–water partition coefficient (Wildman–Crippen LogP) is 3.54. The molecule has 0 saturated heterocycles. The fourth-order valence-electron chi connectivity index (χ4n) is 1.65. The van der Waals surface area contributed by atoms with Crippen LogP contribution >= 0.6 is 11.6 Å². The maximum absolute atomic E-state index is 12.2. The standard InChI is InChI=1S/C15H16ClF3N2O2/c1-9(2)13(20-8-7-12(22)15(17,18)19)14(23)21-11-5-3-10(16)4-6-11/h3-9,13,20H,1-2H3,(H,21,23). The number of hydrogen-bond acceptors (Lipinski definition) is 3. The summed E-state index contributed by atoms with van der Waals surface area (Å²) < 4.78 is 36.3. The minimum absolute atomic E-state index is 0.215. The van der Waals surface area contributed by atoms with E-state index >= 15 is 0 Å². The summed E-state index contributed by atoms with van der Waals surface area (Å²) in [5.41, 5.74) is 0.502. The lowest BCUT2D eigenvalue weighted by molar-refractivity contribution is -0.165. The van der Waals surface area contributed by atoms with Gasteiger partial charge >= 0.3 is 6.18 Å². The van der Waals surface area contributed by atoms with Gasteiger partial charge in [0.2, 0.25) is 5.91 Å². The number of benzene rings is 1. The normalized spacial score (nSPS) is 13.2. The third kappa shape index (κ3) is 6.32. The number of anilines is 1. The fourth-order valence-corrected chi connectivity index (χ4v) is 1.77. The summed E-state index contributed by atoms with van der Waals surface area (Å²) in [4.78, 5) is 22.9. The Morgan fingerprint density at radius 2 is 1.74 bits per heavy atom. The number of ketones is 1. The lowest BCUT2D eigenvalue weighted by Gasteiger charge is -2.20. The molecule has 1 unspecified atom stereocenters. The average molecular weight is 349 g/mol. The van der Waals surface area contributed by atoms with Crippen molar-refractivity contribution in [2.75, 3.05) is 5.32 Å². The van der Waals surface area contributed by atoms with Crippen LogP contribution in [0, 0.1) is 5.92 Å². The van der Waals surface area contributed by atoms with E-state index in [0.717, 1.165) is 6.20 Å². The van der Waals surface area contributed by atoms with Crippen LogP contribution in [0.3, 0.4) is 0 Å². The molecule has 8 heteroatoms. The van der Waals surface area contributed by atoms with Gasteiger partial charge in [0.1, 0.15) is 6.04 Å². The molecule has 126 valence electrons. The van der Waals surface area contributed by atoms with Gasteiger partial charge in [-0.15, -0.1) is 0 Å². The van der Waals surface area contributed by atoms with Crippen LogP contribution < -0.4 is 10.6 Å². The van der Waals surface area contributed by atoms with Crippen molar-refractivity contribution in [3.05, 3.63) is 41.6 Å². The van der Waals surface area contributed by atoms with E-state index in [9.17, 15) is 22.8 Å². The maximum atomic E-state index is 12.2. The van der Waals surface area contributed by atoms with Gasteiger partial charge in [-0.05, 0) is 30.2 Å². The Morgan fingerprint density at radius 1 is 1.17 bits per heavy atom. The highest BCUT2D eigenvalue weighted by molar-refractivity contribution is 6.30. The summed E-state index contributed by atoms with van der Waals surface area (Å²) in [6, 6.07) is 5.58. The van der Waals surface area contributed by atoms with Crippen molar-refractivity contribution in [3.8, 4) is 0 Å². The number of carbonyl (C=O) groups is 2. The molecule has 0 aliphatic heterocycles. The van der Waals surface area contributed by atoms with Crippen molar-refractivity contribution in [2.24, 2.45) is 5.92 Å². The number of hydrogen-bond donors (Lipinski definition) is 2. The van der Waals surface area contributed by atoms with Crippen molar-refractivity contribution in [2.45, 2.75) is 26.1 Å². The van der Waals surface area contributed by atoms with Gasteiger partial charge < -0.3 is 10.6 Å². The van der Waals surface area contributed by atoms with Gasteiger partial charge in [-0.1, -0.05) is 25.4 Å². The molecule has 0 aromatic heterocycles. The van der Waals surface area contributed by atoms with Crippen LogP contribution in [0.1, 0.15) is 13.8 Å². The molecular formula is C15H16ClF3N2O2. The molecule has 0 aliphatic carbocycles. The van der Waals surface area contributed by atoms with Crippen LogP contribution in [0.15, 0.2) is 36.5 Å². The SMILES string of the molecule is CC(C)C(NC=CC(=O)C(F)(F)F)C(=O)Nc1ccc(Cl)cc1. The molecule has 0 heterocycles. The molecule has 0 radical (unpaired) electrons. The molecule has 0 bridgehead atoms. The number of amides is 1. The molecule has 1 amide bonds. The van der Waals surface area contributed by atoms with Gasteiger partial charge in [-0.25, -0.2) is 0 Å². The van der Waals surface area contributed by atoms with E-state index in [1.165, 1.54) is 0 Å². The zero-order valence-electron chi connectivity index (χ0n) is 12.4. The van der Waals surface area contributed by atoms with Crippen LogP contribution in [0.4, 0.5) is 18.9 Å². The summed E-state index contributed by atoms with van der Waals surface area (Å²) in [7, 11) is 0. The average Bonchev–Trinajstić information content (AvgIpc) is 2.44. The highest BCUT2D eigenvalue weighted by atomic mass is 35.5. The van der Waals surface area contributed by atoms with Crippen LogP contribution in [0.2, 0.25) is 5.02 Å². The lowest BCUT2D eigenvalue weighted by Crippen LogP contribution is -2.42. The number of nitrogens with one attached hydrogen (secondary N) is 2. The van der Waals surface area contributed by atoms with Crippen LogP contribution in [0.25, 0.3) is 0 Å². The summed E-state index contributed by atoms with van der Waals surface area (Å²) in [5, 5.41) is 5.64. The first-order valence-electron chi connectivity index (χ1n) is 6.71. The van der Waals surface area contributed by atoms with Gasteiger partial charge in [0.15, 0.2) is 0 Å². The van der Waals surface area contributed by atoms with Crippen molar-refractivity contribution in [1.82, 2.24) is 5.32 Å². The first-order chi connectivity index (χ1) is 10.6. The zero-order valence-corrected chi connectivity index (χ0v) is 13.2. The maximum Gasteiger partial charge on any atom is 0.454 e. The number of rotatable bonds is 6. The third-order valence-corrected chi connectivity index (χ3v) is 3.10. The fraction of sp³-hybridized carbons (Fsp3) is 0.333. The molecule has 1 aromatic carbocycles. The van der Waals surface area contributed by atoms with Crippen LogP contribution in [0.5, 0.6) is 0 Å². The third-order valence-electron chi connectivity index (χ3n) is 2.85. The Kier molecular flexibility index (Phi) is 6.62. The molecule has 2 N–H and O–H groups in total. The molecular weight excluding hydrogens is 333 g/mol. The highest BCUT2D eigenvalue weighted by Crippen LogP contribution is 2.17. The first kappa shape index (κ1) is 19.0. The summed E-state index contributed by atoms with van der Waals surface area (Å²) in [6.07, 6.45) is -3.75. The molecule has 1 rings (SSSR count). The van der Waals surface area contributed by atoms with E-state index in [1.54, 1.807) is 38.1 Å². The molecule has 0 fully saturated rings. The molecule has 0 aliphatic rings. The van der Waals surface area contributed by atoms with Crippen molar-refractivity contribution >= 4 is 29.0 Å². The second-order valence-electron chi connectivity index (χ2n) is 5.08. The summed E-state index contributed by atoms with van der Waals surface area (Å²) in [6.45, 7) is 3.44. The smallest absolute Gasteiger partial charge is 0.379 e. The largest absolute Gasteiger partial charge is 0.454 e. The van der Waals surface area contributed by atoms with Crippen LogP contribution in [-0.2, 0) is 9.59 Å². The van der Waals surface area contributed by atoms with E-state index in [-0.39, 0.29) is 5.92 Å². The minimum atomic E-state index is -4.93. The van der Waals surface area contributed by atoms with E-state index in [4.69, 9.17) is 11.6 Å². The number of allylic oxidation sites excluding steroid dienone is 1.